The molecule has 1 atom stereocenters. The van der Waals surface area contributed by atoms with Crippen LogP contribution in [0.15, 0.2) is 42.5 Å². The standard InChI is InChI=1S/C18H21Cl2NO/c1-13(10-14-4-7-16(19)8-5-14)21(2)12-15-6-9-18(22-3)17(20)11-15/h4-9,11,13H,10,12H2,1-3H3. The molecule has 0 spiro atoms. The second-order valence-electron chi connectivity index (χ2n) is 5.56. The molecule has 0 saturated heterocycles. The minimum atomic E-state index is 0.419. The molecule has 0 amide bonds. The van der Waals surface area contributed by atoms with E-state index in [1.54, 1.807) is 7.11 Å². The van der Waals surface area contributed by atoms with Gasteiger partial charge in [0, 0.05) is 17.6 Å². The molecule has 2 nitrogen and oxygen atoms in total. The maximum atomic E-state index is 6.18. The Bertz CT molecular complexity index is 613. The summed E-state index contributed by atoms with van der Waals surface area (Å²) < 4.78 is 5.18. The number of hydrogen-bond donors (Lipinski definition) is 0. The van der Waals surface area contributed by atoms with Crippen LogP contribution in [0.3, 0.4) is 0 Å². The summed E-state index contributed by atoms with van der Waals surface area (Å²) in [6.07, 6.45) is 0.984. The lowest BCUT2D eigenvalue weighted by molar-refractivity contribution is 0.248. The maximum absolute atomic E-state index is 6.18. The number of ether oxygens (including phenoxy) is 1. The second-order valence-corrected chi connectivity index (χ2v) is 6.41. The Kier molecular flexibility index (Phi) is 6.13. The molecule has 22 heavy (non-hydrogen) atoms. The number of benzene rings is 2. The van der Waals surface area contributed by atoms with E-state index in [4.69, 9.17) is 27.9 Å². The van der Waals surface area contributed by atoms with Crippen molar-refractivity contribution in [3.8, 4) is 5.75 Å². The molecule has 0 fully saturated rings. The minimum absolute atomic E-state index is 0.419. The normalized spacial score (nSPS) is 12.5. The third kappa shape index (κ3) is 4.64. The lowest BCUT2D eigenvalue weighted by atomic mass is 10.1. The molecule has 0 N–H and O–H groups in total. The van der Waals surface area contributed by atoms with Gasteiger partial charge >= 0.3 is 0 Å². The van der Waals surface area contributed by atoms with Crippen LogP contribution in [0, 0.1) is 0 Å². The van der Waals surface area contributed by atoms with Gasteiger partial charge in [-0.05, 0) is 55.8 Å². The molecule has 2 rings (SSSR count). The van der Waals surface area contributed by atoms with Crippen LogP contribution >= 0.6 is 23.2 Å². The predicted octanol–water partition coefficient (Wildman–Crippen LogP) is 5.07. The quantitative estimate of drug-likeness (QED) is 0.729. The molecule has 118 valence electrons. The molecular weight excluding hydrogens is 317 g/mol. The molecule has 0 bridgehead atoms. The summed E-state index contributed by atoms with van der Waals surface area (Å²) in [5, 5.41) is 1.43. The summed E-state index contributed by atoms with van der Waals surface area (Å²) in [6.45, 7) is 3.07. The van der Waals surface area contributed by atoms with Crippen LogP contribution in [-0.4, -0.2) is 25.1 Å². The summed E-state index contributed by atoms with van der Waals surface area (Å²) in [5.41, 5.74) is 2.47. The second kappa shape index (κ2) is 7.87. The fourth-order valence-corrected chi connectivity index (χ4v) is 2.78. The molecule has 1 unspecified atom stereocenters. The lowest BCUT2D eigenvalue weighted by Gasteiger charge is -2.25. The van der Waals surface area contributed by atoms with Crippen LogP contribution in [0.1, 0.15) is 18.1 Å². The Morgan fingerprint density at radius 1 is 1.05 bits per heavy atom. The summed E-state index contributed by atoms with van der Waals surface area (Å²) in [5.74, 6) is 0.710. The first-order chi connectivity index (χ1) is 10.5. The monoisotopic (exact) mass is 337 g/mol. The molecule has 2 aromatic carbocycles. The first-order valence-corrected chi connectivity index (χ1v) is 8.02. The van der Waals surface area contributed by atoms with Gasteiger partial charge in [0.2, 0.25) is 0 Å². The number of nitrogens with zero attached hydrogens (tertiary/aromatic N) is 1. The third-order valence-corrected chi connectivity index (χ3v) is 4.39. The summed E-state index contributed by atoms with van der Waals surface area (Å²) in [4.78, 5) is 2.31. The maximum Gasteiger partial charge on any atom is 0.137 e. The van der Waals surface area contributed by atoms with Gasteiger partial charge in [-0.2, -0.15) is 0 Å². The van der Waals surface area contributed by atoms with Gasteiger partial charge in [-0.25, -0.2) is 0 Å². The van der Waals surface area contributed by atoms with E-state index in [1.165, 1.54) is 11.1 Å². The van der Waals surface area contributed by atoms with Crippen molar-refractivity contribution < 1.29 is 4.74 Å². The van der Waals surface area contributed by atoms with Crippen molar-refractivity contribution in [2.45, 2.75) is 25.9 Å². The van der Waals surface area contributed by atoms with Crippen LogP contribution in [-0.2, 0) is 13.0 Å². The molecule has 0 aliphatic rings. The highest BCUT2D eigenvalue weighted by atomic mass is 35.5. The number of hydrogen-bond acceptors (Lipinski definition) is 2. The average Bonchev–Trinajstić information content (AvgIpc) is 2.49. The van der Waals surface area contributed by atoms with Crippen LogP contribution in [0.25, 0.3) is 0 Å². The van der Waals surface area contributed by atoms with Crippen LogP contribution in [0.2, 0.25) is 10.0 Å². The van der Waals surface area contributed by atoms with E-state index in [9.17, 15) is 0 Å². The SMILES string of the molecule is COc1ccc(CN(C)C(C)Cc2ccc(Cl)cc2)cc1Cl. The highest BCUT2D eigenvalue weighted by Gasteiger charge is 2.11. The average molecular weight is 338 g/mol. The summed E-state index contributed by atoms with van der Waals surface area (Å²) in [7, 11) is 3.75. The molecular formula is C18H21Cl2NO. The number of likely N-dealkylation sites (N-methyl/N-ethyl adjacent to an activating group) is 1. The van der Waals surface area contributed by atoms with Crippen molar-refractivity contribution in [2.24, 2.45) is 0 Å². The Balaban J connectivity index is 1.97. The zero-order valence-corrected chi connectivity index (χ0v) is 14.7. The van der Waals surface area contributed by atoms with E-state index in [-0.39, 0.29) is 0 Å². The molecule has 0 aromatic heterocycles. The van der Waals surface area contributed by atoms with Gasteiger partial charge in [0.25, 0.3) is 0 Å². The predicted molar refractivity (Wildman–Crippen MR) is 94.1 cm³/mol. The number of methoxy groups -OCH3 is 1. The van der Waals surface area contributed by atoms with Gasteiger partial charge in [-0.3, -0.25) is 4.90 Å². The van der Waals surface area contributed by atoms with Gasteiger partial charge in [-0.15, -0.1) is 0 Å². The van der Waals surface area contributed by atoms with Crippen molar-refractivity contribution in [3.05, 3.63) is 63.6 Å². The fraction of sp³-hybridized carbons (Fsp3) is 0.333. The van der Waals surface area contributed by atoms with Crippen LogP contribution in [0.4, 0.5) is 0 Å². The fourth-order valence-electron chi connectivity index (χ4n) is 2.37. The summed E-state index contributed by atoms with van der Waals surface area (Å²) in [6, 6.07) is 14.4. The summed E-state index contributed by atoms with van der Waals surface area (Å²) >= 11 is 12.1. The van der Waals surface area contributed by atoms with Gasteiger partial charge in [0.05, 0.1) is 12.1 Å². The van der Waals surface area contributed by atoms with E-state index < -0.39 is 0 Å². The van der Waals surface area contributed by atoms with Crippen molar-refractivity contribution in [1.29, 1.82) is 0 Å². The molecule has 0 aliphatic heterocycles. The van der Waals surface area contributed by atoms with E-state index in [2.05, 4.69) is 37.1 Å². The van der Waals surface area contributed by atoms with Crippen molar-refractivity contribution >= 4 is 23.2 Å². The van der Waals surface area contributed by atoms with E-state index in [1.807, 2.05) is 24.3 Å². The molecule has 0 saturated carbocycles. The van der Waals surface area contributed by atoms with Crippen molar-refractivity contribution in [3.63, 3.8) is 0 Å². The largest absolute Gasteiger partial charge is 0.495 e. The number of rotatable bonds is 6. The van der Waals surface area contributed by atoms with E-state index in [0.29, 0.717) is 16.8 Å². The first-order valence-electron chi connectivity index (χ1n) is 7.26. The minimum Gasteiger partial charge on any atom is -0.495 e. The van der Waals surface area contributed by atoms with Gasteiger partial charge in [0.1, 0.15) is 5.75 Å². The molecule has 0 radical (unpaired) electrons. The topological polar surface area (TPSA) is 12.5 Å². The molecule has 4 heteroatoms. The number of halogens is 2. The Hall–Kier alpha value is -1.22. The Morgan fingerprint density at radius 2 is 1.68 bits per heavy atom. The smallest absolute Gasteiger partial charge is 0.137 e. The zero-order valence-electron chi connectivity index (χ0n) is 13.1. The molecule has 0 aliphatic carbocycles. The van der Waals surface area contributed by atoms with Gasteiger partial charge in [0.15, 0.2) is 0 Å². The van der Waals surface area contributed by atoms with E-state index >= 15 is 0 Å². The van der Waals surface area contributed by atoms with E-state index in [0.717, 1.165) is 18.0 Å². The lowest BCUT2D eigenvalue weighted by Crippen LogP contribution is -2.30. The highest BCUT2D eigenvalue weighted by molar-refractivity contribution is 6.32. The highest BCUT2D eigenvalue weighted by Crippen LogP contribution is 2.25. The first kappa shape index (κ1) is 17.1. The third-order valence-electron chi connectivity index (χ3n) is 3.84. The molecule has 0 heterocycles. The van der Waals surface area contributed by atoms with Gasteiger partial charge in [-0.1, -0.05) is 41.4 Å². The van der Waals surface area contributed by atoms with Crippen molar-refractivity contribution in [1.82, 2.24) is 4.90 Å². The van der Waals surface area contributed by atoms with Crippen LogP contribution < -0.4 is 4.74 Å². The molecule has 2 aromatic rings. The zero-order chi connectivity index (χ0) is 16.1. The Morgan fingerprint density at radius 3 is 2.27 bits per heavy atom. The Labute approximate surface area is 142 Å². The van der Waals surface area contributed by atoms with Crippen LogP contribution in [0.5, 0.6) is 5.75 Å². The van der Waals surface area contributed by atoms with Gasteiger partial charge < -0.3 is 4.74 Å². The van der Waals surface area contributed by atoms with Crippen molar-refractivity contribution in [2.75, 3.05) is 14.2 Å².